The van der Waals surface area contributed by atoms with Gasteiger partial charge in [-0.15, -0.1) is 0 Å². The van der Waals surface area contributed by atoms with Gasteiger partial charge in [0.05, 0.1) is 0 Å². The van der Waals surface area contributed by atoms with E-state index in [0.29, 0.717) is 29.8 Å². The second kappa shape index (κ2) is 4.02. The van der Waals surface area contributed by atoms with E-state index < -0.39 is 0 Å². The lowest BCUT2D eigenvalue weighted by Crippen LogP contribution is -2.47. The molecule has 0 spiro atoms. The molecule has 0 aromatic heterocycles. The highest BCUT2D eigenvalue weighted by atomic mass is 16.2. The molecule has 3 fully saturated rings. The number of carbonyl (C=O) groups excluding carboxylic acids is 1. The fraction of sp³-hybridized carbons (Fsp3) is 0.923. The maximum atomic E-state index is 11.9. The minimum Gasteiger partial charge on any atom is -0.351 e. The van der Waals surface area contributed by atoms with Crippen LogP contribution in [-0.2, 0) is 4.79 Å². The zero-order valence-electron chi connectivity index (χ0n) is 10.1. The fourth-order valence-corrected chi connectivity index (χ4v) is 3.39. The van der Waals surface area contributed by atoms with Crippen LogP contribution in [0.5, 0.6) is 0 Å². The fourth-order valence-electron chi connectivity index (χ4n) is 3.39. The third-order valence-corrected chi connectivity index (χ3v) is 4.63. The molecule has 1 amide bonds. The number of fused-ring (bicyclic) bond motifs is 1. The normalized spacial score (nSPS) is 42.8. The maximum Gasteiger partial charge on any atom is 0.223 e. The number of carbonyl (C=O) groups is 1. The lowest BCUT2D eigenvalue weighted by molar-refractivity contribution is -0.123. The minimum atomic E-state index is 0.324. The van der Waals surface area contributed by atoms with Crippen molar-refractivity contribution in [3.05, 3.63) is 0 Å². The van der Waals surface area contributed by atoms with Gasteiger partial charge in [0.15, 0.2) is 0 Å². The number of amides is 1. The molecule has 90 valence electrons. The Morgan fingerprint density at radius 1 is 1.25 bits per heavy atom. The SMILES string of the molecule is C[C@@H]1C[C@@H]1C(=O)N[C@H]1CCN2CCCC[C@H]12. The minimum absolute atomic E-state index is 0.324. The van der Waals surface area contributed by atoms with E-state index in [-0.39, 0.29) is 0 Å². The van der Waals surface area contributed by atoms with Crippen LogP contribution in [-0.4, -0.2) is 36.0 Å². The molecule has 0 bridgehead atoms. The average Bonchev–Trinajstić information content (AvgIpc) is 2.89. The topological polar surface area (TPSA) is 32.3 Å². The van der Waals surface area contributed by atoms with Crippen LogP contribution in [0, 0.1) is 11.8 Å². The summed E-state index contributed by atoms with van der Waals surface area (Å²) in [6.45, 7) is 4.61. The van der Waals surface area contributed by atoms with Crippen molar-refractivity contribution in [2.45, 2.75) is 51.1 Å². The highest BCUT2D eigenvalue weighted by Crippen LogP contribution is 2.38. The first kappa shape index (κ1) is 10.6. The molecule has 2 saturated heterocycles. The highest BCUT2D eigenvalue weighted by Gasteiger charge is 2.42. The highest BCUT2D eigenvalue weighted by molar-refractivity contribution is 5.81. The van der Waals surface area contributed by atoms with Gasteiger partial charge in [-0.25, -0.2) is 0 Å². The van der Waals surface area contributed by atoms with Crippen molar-refractivity contribution in [1.82, 2.24) is 10.2 Å². The number of hydrogen-bond acceptors (Lipinski definition) is 2. The Morgan fingerprint density at radius 2 is 2.06 bits per heavy atom. The summed E-state index contributed by atoms with van der Waals surface area (Å²) in [7, 11) is 0. The van der Waals surface area contributed by atoms with Crippen molar-refractivity contribution in [1.29, 1.82) is 0 Å². The lowest BCUT2D eigenvalue weighted by atomic mass is 9.99. The Balaban J connectivity index is 1.56. The number of hydrogen-bond donors (Lipinski definition) is 1. The summed E-state index contributed by atoms with van der Waals surface area (Å²) in [5.74, 6) is 1.28. The van der Waals surface area contributed by atoms with Crippen molar-refractivity contribution >= 4 is 5.91 Å². The first-order valence-electron chi connectivity index (χ1n) is 6.80. The van der Waals surface area contributed by atoms with Gasteiger partial charge >= 0.3 is 0 Å². The van der Waals surface area contributed by atoms with E-state index in [1.807, 2.05) is 0 Å². The summed E-state index contributed by atoms with van der Waals surface area (Å²) < 4.78 is 0. The van der Waals surface area contributed by atoms with Gasteiger partial charge in [-0.1, -0.05) is 13.3 Å². The van der Waals surface area contributed by atoms with Crippen LogP contribution in [0.15, 0.2) is 0 Å². The van der Waals surface area contributed by atoms with Crippen molar-refractivity contribution in [3.63, 3.8) is 0 Å². The largest absolute Gasteiger partial charge is 0.351 e. The molecule has 0 aromatic carbocycles. The van der Waals surface area contributed by atoms with Gasteiger partial charge in [0.2, 0.25) is 5.91 Å². The summed E-state index contributed by atoms with van der Waals surface area (Å²) in [6, 6.07) is 1.09. The first-order valence-corrected chi connectivity index (χ1v) is 6.80. The van der Waals surface area contributed by atoms with E-state index in [1.165, 1.54) is 32.4 Å². The van der Waals surface area contributed by atoms with Gasteiger partial charge in [-0.05, 0) is 38.1 Å². The molecule has 1 aliphatic carbocycles. The van der Waals surface area contributed by atoms with Gasteiger partial charge in [0.1, 0.15) is 0 Å². The Bertz CT molecular complexity index is 292. The quantitative estimate of drug-likeness (QED) is 0.765. The number of nitrogens with zero attached hydrogens (tertiary/aromatic N) is 1. The van der Waals surface area contributed by atoms with E-state index in [1.54, 1.807) is 0 Å². The average molecular weight is 222 g/mol. The van der Waals surface area contributed by atoms with E-state index in [2.05, 4.69) is 17.1 Å². The second-order valence-electron chi connectivity index (χ2n) is 5.82. The predicted molar refractivity (Wildman–Crippen MR) is 63.0 cm³/mol. The molecule has 1 saturated carbocycles. The van der Waals surface area contributed by atoms with Crippen molar-refractivity contribution in [2.75, 3.05) is 13.1 Å². The Morgan fingerprint density at radius 3 is 2.81 bits per heavy atom. The number of rotatable bonds is 2. The summed E-state index contributed by atoms with van der Waals surface area (Å²) in [6.07, 6.45) is 6.24. The molecule has 3 rings (SSSR count). The van der Waals surface area contributed by atoms with Crippen LogP contribution in [0.1, 0.15) is 39.0 Å². The van der Waals surface area contributed by atoms with Crippen molar-refractivity contribution in [3.8, 4) is 0 Å². The van der Waals surface area contributed by atoms with Crippen LogP contribution in [0.2, 0.25) is 0 Å². The van der Waals surface area contributed by atoms with Gasteiger partial charge in [-0.3, -0.25) is 9.69 Å². The smallest absolute Gasteiger partial charge is 0.223 e. The standard InChI is InChI=1S/C13H22N2O/c1-9-8-10(9)13(16)14-11-5-7-15-6-3-2-4-12(11)15/h9-12H,2-8H2,1H3,(H,14,16)/t9-,10+,11+,12-/m1/s1. The molecule has 3 aliphatic rings. The van der Waals surface area contributed by atoms with Gasteiger partial charge in [0, 0.05) is 24.5 Å². The van der Waals surface area contributed by atoms with E-state index >= 15 is 0 Å². The molecule has 16 heavy (non-hydrogen) atoms. The van der Waals surface area contributed by atoms with E-state index in [9.17, 15) is 4.79 Å². The molecular formula is C13H22N2O. The van der Waals surface area contributed by atoms with E-state index in [4.69, 9.17) is 0 Å². The molecule has 0 radical (unpaired) electrons. The third-order valence-electron chi connectivity index (χ3n) is 4.63. The first-order chi connectivity index (χ1) is 7.75. The third kappa shape index (κ3) is 1.86. The molecule has 0 unspecified atom stereocenters. The number of piperidine rings is 1. The summed E-state index contributed by atoms with van der Waals surface area (Å²) in [4.78, 5) is 14.5. The summed E-state index contributed by atoms with van der Waals surface area (Å²) in [5, 5.41) is 3.29. The van der Waals surface area contributed by atoms with Gasteiger partial charge in [-0.2, -0.15) is 0 Å². The van der Waals surface area contributed by atoms with Crippen LogP contribution < -0.4 is 5.32 Å². The lowest BCUT2D eigenvalue weighted by Gasteiger charge is -2.32. The second-order valence-corrected chi connectivity index (χ2v) is 5.82. The predicted octanol–water partition coefficient (Wildman–Crippen LogP) is 1.39. The molecular weight excluding hydrogens is 200 g/mol. The van der Waals surface area contributed by atoms with Gasteiger partial charge in [0.25, 0.3) is 0 Å². The zero-order valence-corrected chi connectivity index (χ0v) is 10.1. The Kier molecular flexibility index (Phi) is 2.66. The number of nitrogens with one attached hydrogen (secondary N) is 1. The molecule has 1 N–H and O–H groups in total. The molecule has 4 atom stereocenters. The monoisotopic (exact) mass is 222 g/mol. The van der Waals surface area contributed by atoms with Crippen molar-refractivity contribution in [2.24, 2.45) is 11.8 Å². The summed E-state index contributed by atoms with van der Waals surface area (Å²) >= 11 is 0. The van der Waals surface area contributed by atoms with Crippen molar-refractivity contribution < 1.29 is 4.79 Å². The zero-order chi connectivity index (χ0) is 11.1. The van der Waals surface area contributed by atoms with Crippen LogP contribution >= 0.6 is 0 Å². The van der Waals surface area contributed by atoms with Crippen LogP contribution in [0.25, 0.3) is 0 Å². The molecule has 2 heterocycles. The Labute approximate surface area is 97.6 Å². The molecule has 3 heteroatoms. The molecule has 3 nitrogen and oxygen atoms in total. The molecule has 2 aliphatic heterocycles. The summed E-state index contributed by atoms with van der Waals surface area (Å²) in [5.41, 5.74) is 0. The van der Waals surface area contributed by atoms with Gasteiger partial charge < -0.3 is 5.32 Å². The molecule has 0 aromatic rings. The maximum absolute atomic E-state index is 11.9. The van der Waals surface area contributed by atoms with E-state index in [0.717, 1.165) is 12.8 Å². The van der Waals surface area contributed by atoms with Crippen LogP contribution in [0.3, 0.4) is 0 Å². The van der Waals surface area contributed by atoms with Crippen LogP contribution in [0.4, 0.5) is 0 Å². The Hall–Kier alpha value is -0.570.